The van der Waals surface area contributed by atoms with E-state index in [0.717, 1.165) is 37.1 Å². The number of hydrogen-bond donors (Lipinski definition) is 1. The van der Waals surface area contributed by atoms with Gasteiger partial charge in [0.25, 0.3) is 0 Å². The lowest BCUT2D eigenvalue weighted by molar-refractivity contribution is 0.0429. The minimum absolute atomic E-state index is 0.366. The number of hydrogen-bond acceptors (Lipinski definition) is 3. The standard InChI is InChI=1S/C18H29NO2/c1-4-16-5-7-18(8-6-16)21-13-17(20)12-19-10-14(2)9-15(3)11-19/h5-8,14-15,17,20H,4,9-13H2,1-3H3/t14-,15-,17-/m1/s1. The van der Waals surface area contributed by atoms with E-state index in [1.54, 1.807) is 0 Å². The molecule has 21 heavy (non-hydrogen) atoms. The summed E-state index contributed by atoms with van der Waals surface area (Å²) in [7, 11) is 0. The second-order valence-corrected chi connectivity index (χ2v) is 6.63. The predicted octanol–water partition coefficient (Wildman–Crippen LogP) is 2.97. The number of ether oxygens (including phenoxy) is 1. The van der Waals surface area contributed by atoms with Crippen LogP contribution in [0.4, 0.5) is 0 Å². The lowest BCUT2D eigenvalue weighted by Gasteiger charge is -2.35. The molecule has 1 aliphatic rings. The highest BCUT2D eigenvalue weighted by molar-refractivity contribution is 5.27. The molecule has 3 nitrogen and oxygen atoms in total. The average molecular weight is 291 g/mol. The Morgan fingerprint density at radius 1 is 1.19 bits per heavy atom. The molecule has 0 radical (unpaired) electrons. The van der Waals surface area contributed by atoms with Gasteiger partial charge in [-0.05, 0) is 42.4 Å². The van der Waals surface area contributed by atoms with E-state index < -0.39 is 6.10 Å². The van der Waals surface area contributed by atoms with E-state index in [1.165, 1.54) is 12.0 Å². The molecule has 0 saturated carbocycles. The number of aryl methyl sites for hydroxylation is 1. The lowest BCUT2D eigenvalue weighted by atomic mass is 9.92. The van der Waals surface area contributed by atoms with Gasteiger partial charge in [-0.25, -0.2) is 0 Å². The zero-order valence-electron chi connectivity index (χ0n) is 13.6. The monoisotopic (exact) mass is 291 g/mol. The van der Waals surface area contributed by atoms with Crippen molar-refractivity contribution in [2.24, 2.45) is 11.8 Å². The van der Waals surface area contributed by atoms with Crippen LogP contribution in [0.2, 0.25) is 0 Å². The van der Waals surface area contributed by atoms with Gasteiger partial charge in [-0.2, -0.15) is 0 Å². The Labute approximate surface area is 128 Å². The van der Waals surface area contributed by atoms with E-state index in [9.17, 15) is 5.11 Å². The van der Waals surface area contributed by atoms with Crippen molar-refractivity contribution < 1.29 is 9.84 Å². The Balaban J connectivity index is 1.74. The Bertz CT molecular complexity index is 408. The third-order valence-electron chi connectivity index (χ3n) is 4.19. The molecule has 0 aliphatic carbocycles. The van der Waals surface area contributed by atoms with Crippen molar-refractivity contribution in [3.63, 3.8) is 0 Å². The van der Waals surface area contributed by atoms with Crippen molar-refractivity contribution in [1.29, 1.82) is 0 Å². The maximum Gasteiger partial charge on any atom is 0.119 e. The SMILES string of the molecule is CCc1ccc(OC[C@H](O)CN2C[C@H](C)C[C@@H](C)C2)cc1. The highest BCUT2D eigenvalue weighted by atomic mass is 16.5. The third-order valence-corrected chi connectivity index (χ3v) is 4.19. The van der Waals surface area contributed by atoms with Crippen LogP contribution in [0.3, 0.4) is 0 Å². The minimum Gasteiger partial charge on any atom is -0.491 e. The maximum atomic E-state index is 10.2. The van der Waals surface area contributed by atoms with Crippen LogP contribution in [-0.4, -0.2) is 42.4 Å². The summed E-state index contributed by atoms with van der Waals surface area (Å²) in [6.07, 6.45) is 1.91. The minimum atomic E-state index is -0.423. The van der Waals surface area contributed by atoms with Gasteiger partial charge in [0.05, 0.1) is 0 Å². The predicted molar refractivity (Wildman–Crippen MR) is 86.7 cm³/mol. The van der Waals surface area contributed by atoms with Crippen LogP contribution in [0.25, 0.3) is 0 Å². The molecule has 1 heterocycles. The molecule has 1 fully saturated rings. The number of piperidine rings is 1. The number of nitrogens with zero attached hydrogens (tertiary/aromatic N) is 1. The van der Waals surface area contributed by atoms with E-state index in [0.29, 0.717) is 13.2 Å². The molecule has 0 spiro atoms. The molecule has 118 valence electrons. The lowest BCUT2D eigenvalue weighted by Crippen LogP contribution is -2.43. The van der Waals surface area contributed by atoms with Crippen LogP contribution < -0.4 is 4.74 Å². The molecule has 0 amide bonds. The second kappa shape index (κ2) is 7.81. The number of aliphatic hydroxyl groups excluding tert-OH is 1. The van der Waals surface area contributed by atoms with E-state index in [2.05, 4.69) is 37.8 Å². The Morgan fingerprint density at radius 2 is 1.81 bits per heavy atom. The quantitative estimate of drug-likeness (QED) is 0.874. The van der Waals surface area contributed by atoms with Crippen molar-refractivity contribution in [2.45, 2.75) is 39.7 Å². The van der Waals surface area contributed by atoms with Crippen molar-refractivity contribution in [3.05, 3.63) is 29.8 Å². The van der Waals surface area contributed by atoms with Gasteiger partial charge in [0.15, 0.2) is 0 Å². The van der Waals surface area contributed by atoms with E-state index in [1.807, 2.05) is 12.1 Å². The summed E-state index contributed by atoms with van der Waals surface area (Å²) in [5, 5.41) is 10.2. The second-order valence-electron chi connectivity index (χ2n) is 6.63. The first kappa shape index (κ1) is 16.3. The van der Waals surface area contributed by atoms with E-state index in [-0.39, 0.29) is 0 Å². The van der Waals surface area contributed by atoms with Crippen molar-refractivity contribution in [1.82, 2.24) is 4.90 Å². The van der Waals surface area contributed by atoms with Gasteiger partial charge in [0.1, 0.15) is 18.5 Å². The van der Waals surface area contributed by atoms with Gasteiger partial charge in [-0.1, -0.05) is 32.9 Å². The number of β-amino-alcohol motifs (C(OH)–C–C–N with tert-alkyl or cyclic N) is 1. The summed E-state index contributed by atoms with van der Waals surface area (Å²) in [5.74, 6) is 2.29. The normalized spacial score (nSPS) is 24.8. The fourth-order valence-electron chi connectivity index (χ4n) is 3.31. The molecular weight excluding hydrogens is 262 g/mol. The summed E-state index contributed by atoms with van der Waals surface area (Å²) in [6, 6.07) is 8.12. The molecule has 1 aliphatic heterocycles. The van der Waals surface area contributed by atoms with Crippen LogP contribution >= 0.6 is 0 Å². The van der Waals surface area contributed by atoms with Gasteiger partial charge in [-0.3, -0.25) is 0 Å². The van der Waals surface area contributed by atoms with Crippen molar-refractivity contribution in [2.75, 3.05) is 26.2 Å². The molecule has 1 aromatic rings. The number of likely N-dealkylation sites (tertiary alicyclic amines) is 1. The first-order valence-corrected chi connectivity index (χ1v) is 8.19. The fourth-order valence-corrected chi connectivity index (χ4v) is 3.31. The first-order valence-electron chi connectivity index (χ1n) is 8.19. The molecule has 0 bridgehead atoms. The molecule has 1 N–H and O–H groups in total. The molecule has 3 atom stereocenters. The highest BCUT2D eigenvalue weighted by Crippen LogP contribution is 2.21. The molecule has 0 aromatic heterocycles. The molecule has 1 aromatic carbocycles. The van der Waals surface area contributed by atoms with Crippen LogP contribution in [0.15, 0.2) is 24.3 Å². The number of benzene rings is 1. The fraction of sp³-hybridized carbons (Fsp3) is 0.667. The molecule has 3 heteroatoms. The van der Waals surface area contributed by atoms with Gasteiger partial charge < -0.3 is 14.7 Å². The van der Waals surface area contributed by atoms with Crippen LogP contribution in [-0.2, 0) is 6.42 Å². The van der Waals surface area contributed by atoms with Gasteiger partial charge >= 0.3 is 0 Å². The zero-order valence-corrected chi connectivity index (χ0v) is 13.6. The van der Waals surface area contributed by atoms with Crippen molar-refractivity contribution in [3.8, 4) is 5.75 Å². The zero-order chi connectivity index (χ0) is 15.2. The summed E-state index contributed by atoms with van der Waals surface area (Å²) < 4.78 is 5.69. The van der Waals surface area contributed by atoms with Crippen LogP contribution in [0, 0.1) is 11.8 Å². The topological polar surface area (TPSA) is 32.7 Å². The van der Waals surface area contributed by atoms with Crippen LogP contribution in [0.5, 0.6) is 5.75 Å². The molecule has 2 rings (SSSR count). The third kappa shape index (κ3) is 5.33. The number of rotatable bonds is 6. The average Bonchev–Trinajstić information content (AvgIpc) is 2.44. The summed E-state index contributed by atoms with van der Waals surface area (Å²) in [5.41, 5.74) is 1.30. The summed E-state index contributed by atoms with van der Waals surface area (Å²) in [6.45, 7) is 9.98. The first-order chi connectivity index (χ1) is 10.1. The Hall–Kier alpha value is -1.06. The summed E-state index contributed by atoms with van der Waals surface area (Å²) in [4.78, 5) is 2.37. The molecular formula is C18H29NO2. The van der Waals surface area contributed by atoms with Gasteiger partial charge in [0.2, 0.25) is 0 Å². The molecule has 1 saturated heterocycles. The van der Waals surface area contributed by atoms with Gasteiger partial charge in [0, 0.05) is 19.6 Å². The van der Waals surface area contributed by atoms with Crippen molar-refractivity contribution >= 4 is 0 Å². The highest BCUT2D eigenvalue weighted by Gasteiger charge is 2.23. The largest absolute Gasteiger partial charge is 0.491 e. The smallest absolute Gasteiger partial charge is 0.119 e. The molecule has 0 unspecified atom stereocenters. The Morgan fingerprint density at radius 3 is 2.38 bits per heavy atom. The maximum absolute atomic E-state index is 10.2. The van der Waals surface area contributed by atoms with Gasteiger partial charge in [-0.15, -0.1) is 0 Å². The van der Waals surface area contributed by atoms with Crippen LogP contribution in [0.1, 0.15) is 32.8 Å². The summed E-state index contributed by atoms with van der Waals surface area (Å²) >= 11 is 0. The van der Waals surface area contributed by atoms with E-state index >= 15 is 0 Å². The van der Waals surface area contributed by atoms with E-state index in [4.69, 9.17) is 4.74 Å². The Kier molecular flexibility index (Phi) is 6.07. The number of aliphatic hydroxyl groups is 1.